The summed E-state index contributed by atoms with van der Waals surface area (Å²) in [5.41, 5.74) is 0.753. The van der Waals surface area contributed by atoms with E-state index >= 15 is 0 Å². The third-order valence-corrected chi connectivity index (χ3v) is 5.69. The third-order valence-electron chi connectivity index (χ3n) is 4.39. The number of hydrogen-bond donors (Lipinski definition) is 1. The zero-order valence-corrected chi connectivity index (χ0v) is 11.9. The molecule has 1 N–H and O–H groups in total. The van der Waals surface area contributed by atoms with Crippen LogP contribution in [-0.2, 0) is 11.2 Å². The molecule has 3 nitrogen and oxygen atoms in total. The third kappa shape index (κ3) is 2.28. The van der Waals surface area contributed by atoms with Gasteiger partial charge in [-0.2, -0.15) is 0 Å². The van der Waals surface area contributed by atoms with Crippen molar-refractivity contribution in [3.8, 4) is 0 Å². The molecule has 0 radical (unpaired) electrons. The summed E-state index contributed by atoms with van der Waals surface area (Å²) in [5.74, 6) is -0.675. The molecule has 1 fully saturated rings. The molecule has 2 aliphatic rings. The van der Waals surface area contributed by atoms with Crippen LogP contribution in [0.1, 0.15) is 25.3 Å². The molecule has 2 unspecified atom stereocenters. The molecule has 0 aromatic heterocycles. The Morgan fingerprint density at radius 3 is 3.05 bits per heavy atom. The number of carbonyl (C=O) groups is 1. The predicted octanol–water partition coefficient (Wildman–Crippen LogP) is 2.64. The number of thioether (sulfide) groups is 1. The van der Waals surface area contributed by atoms with Crippen LogP contribution in [0.3, 0.4) is 0 Å². The molecule has 0 spiro atoms. The van der Waals surface area contributed by atoms with Gasteiger partial charge in [-0.1, -0.05) is 18.2 Å². The first-order valence-corrected chi connectivity index (χ1v) is 7.70. The smallest absolute Gasteiger partial charge is 0.323 e. The number of nitrogens with zero attached hydrogens (tertiary/aromatic N) is 1. The van der Waals surface area contributed by atoms with Crippen LogP contribution in [-0.4, -0.2) is 39.9 Å². The number of fused-ring (bicyclic) bond motifs is 1. The maximum Gasteiger partial charge on any atom is 0.323 e. The second-order valence-electron chi connectivity index (χ2n) is 5.68. The number of carboxylic acid groups (broad SMARTS) is 1. The zero-order valence-electron chi connectivity index (χ0n) is 11.1. The number of aliphatic carboxylic acids is 1. The average Bonchev–Trinajstić information content (AvgIpc) is 2.94. The standard InChI is InChI=1S/C15H19NO2S/c1-15(14(17)18)7-4-8-16(15)10-12-9-11-5-2-3-6-13(11)19-12/h2-3,5-6,12H,4,7-10H2,1H3,(H,17,18). The summed E-state index contributed by atoms with van der Waals surface area (Å²) in [5, 5.41) is 9.94. The topological polar surface area (TPSA) is 40.5 Å². The maximum atomic E-state index is 11.5. The number of rotatable bonds is 3. The number of carboxylic acids is 1. The first-order chi connectivity index (χ1) is 9.09. The van der Waals surface area contributed by atoms with Crippen LogP contribution >= 0.6 is 11.8 Å². The van der Waals surface area contributed by atoms with Gasteiger partial charge in [0.2, 0.25) is 0 Å². The number of hydrogen-bond acceptors (Lipinski definition) is 3. The fourth-order valence-corrected chi connectivity index (χ4v) is 4.49. The molecule has 4 heteroatoms. The first kappa shape index (κ1) is 13.0. The van der Waals surface area contributed by atoms with Crippen molar-refractivity contribution in [2.45, 2.75) is 41.9 Å². The van der Waals surface area contributed by atoms with Crippen molar-refractivity contribution >= 4 is 17.7 Å². The first-order valence-electron chi connectivity index (χ1n) is 6.82. The Morgan fingerprint density at radius 1 is 1.53 bits per heavy atom. The fraction of sp³-hybridized carbons (Fsp3) is 0.533. The van der Waals surface area contributed by atoms with Crippen LogP contribution in [0, 0.1) is 0 Å². The highest BCUT2D eigenvalue weighted by molar-refractivity contribution is 8.00. The minimum absolute atomic E-state index is 0.495. The summed E-state index contributed by atoms with van der Waals surface area (Å²) in [4.78, 5) is 15.0. The Labute approximate surface area is 118 Å². The molecule has 0 aliphatic carbocycles. The summed E-state index contributed by atoms with van der Waals surface area (Å²) < 4.78 is 0. The lowest BCUT2D eigenvalue weighted by Gasteiger charge is -2.32. The second kappa shape index (κ2) is 4.84. The van der Waals surface area contributed by atoms with E-state index in [-0.39, 0.29) is 0 Å². The molecule has 0 bridgehead atoms. The van der Waals surface area contributed by atoms with Crippen molar-refractivity contribution in [3.05, 3.63) is 29.8 Å². The van der Waals surface area contributed by atoms with Gasteiger partial charge in [0.15, 0.2) is 0 Å². The average molecular weight is 277 g/mol. The molecular formula is C15H19NO2S. The fourth-order valence-electron chi connectivity index (χ4n) is 3.16. The second-order valence-corrected chi connectivity index (χ2v) is 7.02. The molecule has 1 aromatic carbocycles. The van der Waals surface area contributed by atoms with E-state index in [0.717, 1.165) is 32.4 Å². The van der Waals surface area contributed by atoms with Crippen LogP contribution < -0.4 is 0 Å². The van der Waals surface area contributed by atoms with E-state index in [1.54, 1.807) is 0 Å². The molecule has 102 valence electrons. The minimum atomic E-state index is -0.675. The maximum absolute atomic E-state index is 11.5. The summed E-state index contributed by atoms with van der Waals surface area (Å²) in [6.07, 6.45) is 2.83. The molecule has 1 saturated heterocycles. The summed E-state index contributed by atoms with van der Waals surface area (Å²) in [6, 6.07) is 8.51. The lowest BCUT2D eigenvalue weighted by Crippen LogP contribution is -2.50. The van der Waals surface area contributed by atoms with Crippen LogP contribution in [0.15, 0.2) is 29.2 Å². The van der Waals surface area contributed by atoms with Gasteiger partial charge in [-0.3, -0.25) is 9.69 Å². The molecule has 19 heavy (non-hydrogen) atoms. The van der Waals surface area contributed by atoms with Crippen molar-refractivity contribution in [2.24, 2.45) is 0 Å². The Bertz CT molecular complexity index is 480. The van der Waals surface area contributed by atoms with Gasteiger partial charge >= 0.3 is 5.97 Å². The van der Waals surface area contributed by atoms with Gasteiger partial charge in [0.05, 0.1) is 0 Å². The van der Waals surface area contributed by atoms with Crippen molar-refractivity contribution < 1.29 is 9.90 Å². The lowest BCUT2D eigenvalue weighted by atomic mass is 9.99. The highest BCUT2D eigenvalue weighted by atomic mass is 32.2. The highest BCUT2D eigenvalue weighted by Crippen LogP contribution is 2.39. The van der Waals surface area contributed by atoms with Crippen LogP contribution in [0.25, 0.3) is 0 Å². The van der Waals surface area contributed by atoms with Crippen molar-refractivity contribution in [2.75, 3.05) is 13.1 Å². The van der Waals surface area contributed by atoms with Crippen LogP contribution in [0.4, 0.5) is 0 Å². The normalized spacial score (nSPS) is 30.5. The van der Waals surface area contributed by atoms with Crippen LogP contribution in [0.2, 0.25) is 0 Å². The van der Waals surface area contributed by atoms with Gasteiger partial charge in [-0.25, -0.2) is 0 Å². The van der Waals surface area contributed by atoms with Crippen molar-refractivity contribution in [1.82, 2.24) is 4.90 Å². The summed E-state index contributed by atoms with van der Waals surface area (Å²) >= 11 is 1.90. The van der Waals surface area contributed by atoms with E-state index in [1.165, 1.54) is 10.5 Å². The molecule has 2 heterocycles. The number of likely N-dealkylation sites (tertiary alicyclic amines) is 1. The van der Waals surface area contributed by atoms with E-state index in [1.807, 2.05) is 18.7 Å². The van der Waals surface area contributed by atoms with Gasteiger partial charge < -0.3 is 5.11 Å². The minimum Gasteiger partial charge on any atom is -0.480 e. The van der Waals surface area contributed by atoms with Gasteiger partial charge in [-0.15, -0.1) is 11.8 Å². The van der Waals surface area contributed by atoms with Crippen LogP contribution in [0.5, 0.6) is 0 Å². The molecule has 1 aromatic rings. The van der Waals surface area contributed by atoms with Crippen molar-refractivity contribution in [1.29, 1.82) is 0 Å². The quantitative estimate of drug-likeness (QED) is 0.922. The zero-order chi connectivity index (χ0) is 13.5. The Kier molecular flexibility index (Phi) is 3.31. The van der Waals surface area contributed by atoms with Gasteiger partial charge in [0.1, 0.15) is 5.54 Å². The van der Waals surface area contributed by atoms with Crippen molar-refractivity contribution in [3.63, 3.8) is 0 Å². The molecular weight excluding hydrogens is 258 g/mol. The van der Waals surface area contributed by atoms with Gasteiger partial charge in [0.25, 0.3) is 0 Å². The van der Waals surface area contributed by atoms with E-state index in [9.17, 15) is 9.90 Å². The summed E-state index contributed by atoms with van der Waals surface area (Å²) in [7, 11) is 0. The Balaban J connectivity index is 1.69. The molecule has 2 aliphatic heterocycles. The summed E-state index contributed by atoms with van der Waals surface area (Å²) in [6.45, 7) is 3.66. The number of benzene rings is 1. The lowest BCUT2D eigenvalue weighted by molar-refractivity contribution is -0.148. The highest BCUT2D eigenvalue weighted by Gasteiger charge is 2.44. The molecule has 3 rings (SSSR count). The predicted molar refractivity (Wildman–Crippen MR) is 76.6 cm³/mol. The molecule has 0 saturated carbocycles. The van der Waals surface area contributed by atoms with E-state index in [2.05, 4.69) is 29.2 Å². The van der Waals surface area contributed by atoms with Gasteiger partial charge in [0, 0.05) is 16.7 Å². The SMILES string of the molecule is CC1(C(=O)O)CCCN1CC1Cc2ccccc2S1. The molecule has 0 amide bonds. The monoisotopic (exact) mass is 277 g/mol. The van der Waals surface area contributed by atoms with E-state index in [4.69, 9.17) is 0 Å². The van der Waals surface area contributed by atoms with Gasteiger partial charge in [-0.05, 0) is 44.4 Å². The Hall–Kier alpha value is -1.00. The Morgan fingerprint density at radius 2 is 2.32 bits per heavy atom. The van der Waals surface area contributed by atoms with E-state index in [0.29, 0.717) is 5.25 Å². The van der Waals surface area contributed by atoms with E-state index < -0.39 is 11.5 Å². The largest absolute Gasteiger partial charge is 0.480 e. The molecule has 2 atom stereocenters.